The molecule has 1 aliphatic rings. The van der Waals surface area contributed by atoms with Crippen molar-refractivity contribution in [2.24, 2.45) is 5.92 Å². The van der Waals surface area contributed by atoms with Crippen LogP contribution in [0.15, 0.2) is 36.7 Å². The molecule has 1 atom stereocenters. The zero-order chi connectivity index (χ0) is 16.9. The molecule has 1 aliphatic heterocycles. The average Bonchev–Trinajstić information content (AvgIpc) is 3.09. The number of hydrogen-bond acceptors (Lipinski definition) is 4. The maximum Gasteiger partial charge on any atom is 0.124 e. The lowest BCUT2D eigenvalue weighted by Crippen LogP contribution is -2.37. The number of benzene rings is 1. The number of aliphatic hydroxyl groups excluding tert-OH is 1. The van der Waals surface area contributed by atoms with Gasteiger partial charge < -0.3 is 14.7 Å². The predicted octanol–water partition coefficient (Wildman–Crippen LogP) is 2.65. The Bertz CT molecular complexity index is 634. The summed E-state index contributed by atoms with van der Waals surface area (Å²) in [5, 5.41) is 14.9. The van der Waals surface area contributed by atoms with Gasteiger partial charge in [-0.15, -0.1) is 0 Å². The molecule has 0 spiro atoms. The van der Waals surface area contributed by atoms with Crippen LogP contribution < -0.4 is 4.74 Å². The highest BCUT2D eigenvalue weighted by Gasteiger charge is 2.23. The number of methoxy groups -OCH3 is 1. The number of aryl methyl sites for hydroxylation is 1. The topological polar surface area (TPSA) is 50.5 Å². The van der Waals surface area contributed by atoms with Crippen LogP contribution in [0.4, 0.5) is 0 Å². The van der Waals surface area contributed by atoms with E-state index < -0.39 is 6.10 Å². The third-order valence-corrected chi connectivity index (χ3v) is 4.89. The quantitative estimate of drug-likeness (QED) is 0.885. The maximum absolute atomic E-state index is 10.6. The molecule has 2 heterocycles. The summed E-state index contributed by atoms with van der Waals surface area (Å²) in [6.45, 7) is 5.74. The van der Waals surface area contributed by atoms with E-state index in [4.69, 9.17) is 4.74 Å². The van der Waals surface area contributed by atoms with E-state index in [0.29, 0.717) is 12.5 Å². The Kier molecular flexibility index (Phi) is 5.53. The van der Waals surface area contributed by atoms with Crippen molar-refractivity contribution in [2.75, 3.05) is 26.7 Å². The lowest BCUT2D eigenvalue weighted by atomic mass is 9.96. The third kappa shape index (κ3) is 4.16. The fraction of sp³-hybridized carbons (Fsp3) is 0.526. The Balaban J connectivity index is 1.53. The molecule has 24 heavy (non-hydrogen) atoms. The van der Waals surface area contributed by atoms with Gasteiger partial charge in [-0.3, -0.25) is 4.68 Å². The molecule has 0 aliphatic carbocycles. The van der Waals surface area contributed by atoms with Crippen LogP contribution in [0.3, 0.4) is 0 Å². The molecule has 1 aromatic heterocycles. The monoisotopic (exact) mass is 329 g/mol. The summed E-state index contributed by atoms with van der Waals surface area (Å²) in [7, 11) is 1.65. The summed E-state index contributed by atoms with van der Waals surface area (Å²) in [5.41, 5.74) is 2.03. The maximum atomic E-state index is 10.6. The van der Waals surface area contributed by atoms with E-state index in [9.17, 15) is 5.11 Å². The number of ether oxygens (including phenoxy) is 1. The minimum Gasteiger partial charge on any atom is -0.496 e. The van der Waals surface area contributed by atoms with E-state index in [1.807, 2.05) is 48.3 Å². The molecule has 130 valence electrons. The molecule has 2 aromatic rings. The molecule has 5 nitrogen and oxygen atoms in total. The van der Waals surface area contributed by atoms with Crippen LogP contribution in [0, 0.1) is 12.8 Å². The van der Waals surface area contributed by atoms with Crippen molar-refractivity contribution in [1.29, 1.82) is 0 Å². The minimum atomic E-state index is -0.512. The second-order valence-corrected chi connectivity index (χ2v) is 6.73. The molecule has 1 fully saturated rings. The van der Waals surface area contributed by atoms with Gasteiger partial charge in [0, 0.05) is 31.0 Å². The van der Waals surface area contributed by atoms with Crippen molar-refractivity contribution in [1.82, 2.24) is 14.7 Å². The number of β-amino-alcohol motifs (C(OH)–C–C–N with tert-alkyl or cyclic N) is 1. The minimum absolute atomic E-state index is 0.512. The first-order valence-corrected chi connectivity index (χ1v) is 8.68. The zero-order valence-electron chi connectivity index (χ0n) is 14.6. The molecular formula is C19H27N3O2. The fourth-order valence-electron chi connectivity index (χ4n) is 3.48. The van der Waals surface area contributed by atoms with E-state index in [1.54, 1.807) is 7.11 Å². The van der Waals surface area contributed by atoms with Gasteiger partial charge in [-0.1, -0.05) is 11.6 Å². The predicted molar refractivity (Wildman–Crippen MR) is 94.1 cm³/mol. The molecule has 5 heteroatoms. The average molecular weight is 329 g/mol. The molecule has 0 unspecified atom stereocenters. The van der Waals surface area contributed by atoms with E-state index in [0.717, 1.165) is 49.4 Å². The molecule has 0 bridgehead atoms. The Hall–Kier alpha value is -1.85. The summed E-state index contributed by atoms with van der Waals surface area (Å²) in [4.78, 5) is 2.35. The number of aliphatic hydroxyl groups is 1. The Morgan fingerprint density at radius 2 is 2.12 bits per heavy atom. The normalized spacial score (nSPS) is 17.8. The molecular weight excluding hydrogens is 302 g/mol. The number of aromatic nitrogens is 2. The van der Waals surface area contributed by atoms with Crippen LogP contribution >= 0.6 is 0 Å². The third-order valence-electron chi connectivity index (χ3n) is 4.89. The molecule has 1 N–H and O–H groups in total. The summed E-state index contributed by atoms with van der Waals surface area (Å²) < 4.78 is 7.42. The van der Waals surface area contributed by atoms with Crippen molar-refractivity contribution >= 4 is 0 Å². The second kappa shape index (κ2) is 7.81. The number of hydrogen-bond donors (Lipinski definition) is 1. The number of nitrogens with zero attached hydrogens (tertiary/aromatic N) is 3. The highest BCUT2D eigenvalue weighted by molar-refractivity contribution is 5.38. The van der Waals surface area contributed by atoms with E-state index in [-0.39, 0.29) is 0 Å². The van der Waals surface area contributed by atoms with Gasteiger partial charge in [0.15, 0.2) is 0 Å². The van der Waals surface area contributed by atoms with Gasteiger partial charge in [-0.2, -0.15) is 5.10 Å². The molecule has 0 radical (unpaired) electrons. The highest BCUT2D eigenvalue weighted by Crippen LogP contribution is 2.28. The standard InChI is InChI=1S/C19H27N3O2/c1-15-4-5-19(24-2)17(12-15)18(23)14-21-10-6-16(7-11-21)13-22-9-3-8-20-22/h3-5,8-9,12,16,18,23H,6-7,10-11,13-14H2,1-2H3/t18-/m0/s1. The first-order chi connectivity index (χ1) is 11.7. The van der Waals surface area contributed by atoms with Crippen molar-refractivity contribution in [3.8, 4) is 5.75 Å². The van der Waals surface area contributed by atoms with Crippen LogP contribution in [-0.4, -0.2) is 46.5 Å². The highest BCUT2D eigenvalue weighted by atomic mass is 16.5. The van der Waals surface area contributed by atoms with Gasteiger partial charge in [-0.25, -0.2) is 0 Å². The van der Waals surface area contributed by atoms with Gasteiger partial charge in [0.05, 0.1) is 13.2 Å². The van der Waals surface area contributed by atoms with Crippen molar-refractivity contribution in [3.63, 3.8) is 0 Å². The van der Waals surface area contributed by atoms with Crippen LogP contribution in [0.25, 0.3) is 0 Å². The summed E-state index contributed by atoms with van der Waals surface area (Å²) in [6.07, 6.45) is 5.65. The number of piperidine rings is 1. The Labute approximate surface area is 143 Å². The van der Waals surface area contributed by atoms with Crippen molar-refractivity contribution in [3.05, 3.63) is 47.8 Å². The van der Waals surface area contributed by atoms with E-state index >= 15 is 0 Å². The van der Waals surface area contributed by atoms with Crippen LogP contribution in [0.1, 0.15) is 30.1 Å². The van der Waals surface area contributed by atoms with Crippen LogP contribution in [0.2, 0.25) is 0 Å². The SMILES string of the molecule is COc1ccc(C)cc1[C@@H](O)CN1CCC(Cn2cccn2)CC1. The fourth-order valence-corrected chi connectivity index (χ4v) is 3.48. The smallest absolute Gasteiger partial charge is 0.124 e. The lowest BCUT2D eigenvalue weighted by molar-refractivity contribution is 0.0844. The summed E-state index contributed by atoms with van der Waals surface area (Å²) in [5.74, 6) is 1.44. The van der Waals surface area contributed by atoms with Crippen molar-refractivity contribution in [2.45, 2.75) is 32.4 Å². The number of rotatable bonds is 6. The first kappa shape index (κ1) is 17.0. The molecule has 1 aromatic carbocycles. The molecule has 0 amide bonds. The number of likely N-dealkylation sites (tertiary alicyclic amines) is 1. The second-order valence-electron chi connectivity index (χ2n) is 6.73. The van der Waals surface area contributed by atoms with Gasteiger partial charge in [-0.05, 0) is 57.0 Å². The van der Waals surface area contributed by atoms with Gasteiger partial charge in [0.25, 0.3) is 0 Å². The molecule has 1 saturated heterocycles. The van der Waals surface area contributed by atoms with Gasteiger partial charge in [0.2, 0.25) is 0 Å². The zero-order valence-corrected chi connectivity index (χ0v) is 14.6. The van der Waals surface area contributed by atoms with Crippen molar-refractivity contribution < 1.29 is 9.84 Å². The van der Waals surface area contributed by atoms with Gasteiger partial charge in [0.1, 0.15) is 5.75 Å². The first-order valence-electron chi connectivity index (χ1n) is 8.68. The van der Waals surface area contributed by atoms with Gasteiger partial charge >= 0.3 is 0 Å². The molecule has 3 rings (SSSR count). The van der Waals surface area contributed by atoms with Crippen LogP contribution in [-0.2, 0) is 6.54 Å². The Morgan fingerprint density at radius 3 is 2.79 bits per heavy atom. The lowest BCUT2D eigenvalue weighted by Gasteiger charge is -2.33. The summed E-state index contributed by atoms with van der Waals surface area (Å²) in [6, 6.07) is 7.94. The van der Waals surface area contributed by atoms with E-state index in [1.165, 1.54) is 0 Å². The van der Waals surface area contributed by atoms with E-state index in [2.05, 4.69) is 10.00 Å². The van der Waals surface area contributed by atoms with Crippen LogP contribution in [0.5, 0.6) is 5.75 Å². The Morgan fingerprint density at radius 1 is 1.33 bits per heavy atom. The molecule has 0 saturated carbocycles. The largest absolute Gasteiger partial charge is 0.496 e. The summed E-state index contributed by atoms with van der Waals surface area (Å²) >= 11 is 0.